The van der Waals surface area contributed by atoms with Crippen LogP contribution in [0.15, 0.2) is 21.5 Å². The van der Waals surface area contributed by atoms with Crippen LogP contribution >= 0.6 is 39.3 Å². The molecule has 0 saturated carbocycles. The summed E-state index contributed by atoms with van der Waals surface area (Å²) in [7, 11) is 0. The first-order valence-electron chi connectivity index (χ1n) is 3.01. The van der Waals surface area contributed by atoms with Crippen molar-refractivity contribution in [3.63, 3.8) is 0 Å². The minimum atomic E-state index is -4.30. The van der Waals surface area contributed by atoms with E-state index < -0.39 is 5.51 Å². The smallest absolute Gasteiger partial charge is 0.160 e. The molecular weight excluding hydrogens is 288 g/mol. The zero-order valence-electron chi connectivity index (χ0n) is 5.95. The van der Waals surface area contributed by atoms with E-state index in [1.54, 1.807) is 0 Å². The molecule has 0 aliphatic heterocycles. The molecule has 0 saturated heterocycles. The van der Waals surface area contributed by atoms with Crippen LogP contribution in [0.1, 0.15) is 0 Å². The third kappa shape index (κ3) is 4.24. The highest BCUT2D eigenvalue weighted by Gasteiger charge is 2.29. The fourth-order valence-corrected chi connectivity index (χ4v) is 2.26. The van der Waals surface area contributed by atoms with Gasteiger partial charge in [-0.2, -0.15) is 13.2 Å². The topological polar surface area (TPSA) is 0 Å². The standard InChI is InChI=1S/C7H2BrClF3S/c8-4-1-5(9)3-6(2-4)13-7(10,11)12/h1,3H. The van der Waals surface area contributed by atoms with Gasteiger partial charge in [0.1, 0.15) is 0 Å². The maximum Gasteiger partial charge on any atom is 0.446 e. The van der Waals surface area contributed by atoms with Crippen molar-refractivity contribution in [2.75, 3.05) is 0 Å². The number of halogens is 5. The van der Waals surface area contributed by atoms with Crippen molar-refractivity contribution in [3.8, 4) is 0 Å². The molecule has 0 aliphatic carbocycles. The second kappa shape index (κ2) is 4.11. The van der Waals surface area contributed by atoms with Crippen molar-refractivity contribution in [2.45, 2.75) is 10.4 Å². The number of hydrogen-bond acceptors (Lipinski definition) is 1. The zero-order valence-corrected chi connectivity index (χ0v) is 9.11. The summed E-state index contributed by atoms with van der Waals surface area (Å²) in [5.74, 6) is 0. The van der Waals surface area contributed by atoms with Gasteiger partial charge in [0.2, 0.25) is 0 Å². The van der Waals surface area contributed by atoms with Crippen molar-refractivity contribution in [2.24, 2.45) is 0 Å². The summed E-state index contributed by atoms with van der Waals surface area (Å²) < 4.78 is 36.1. The summed E-state index contributed by atoms with van der Waals surface area (Å²) in [5.41, 5.74) is -4.30. The summed E-state index contributed by atoms with van der Waals surface area (Å²) in [6.07, 6.45) is 0. The van der Waals surface area contributed by atoms with Gasteiger partial charge in [0, 0.05) is 20.5 Å². The first-order valence-corrected chi connectivity index (χ1v) is 5.00. The van der Waals surface area contributed by atoms with Crippen LogP contribution in [-0.4, -0.2) is 5.51 Å². The van der Waals surface area contributed by atoms with E-state index in [2.05, 4.69) is 22.0 Å². The molecule has 1 aromatic carbocycles. The van der Waals surface area contributed by atoms with Gasteiger partial charge in [-0.3, -0.25) is 0 Å². The molecule has 13 heavy (non-hydrogen) atoms. The molecule has 0 spiro atoms. The lowest BCUT2D eigenvalue weighted by atomic mass is 10.4. The van der Waals surface area contributed by atoms with Gasteiger partial charge >= 0.3 is 5.51 Å². The van der Waals surface area contributed by atoms with Crippen molar-refractivity contribution < 1.29 is 13.2 Å². The molecule has 1 aromatic rings. The van der Waals surface area contributed by atoms with Gasteiger partial charge in [-0.15, -0.1) is 0 Å². The maximum atomic E-state index is 11.9. The molecule has 0 bridgehead atoms. The van der Waals surface area contributed by atoms with Gasteiger partial charge in [-0.25, -0.2) is 0 Å². The first kappa shape index (κ1) is 11.2. The highest BCUT2D eigenvalue weighted by molar-refractivity contribution is 9.10. The molecule has 1 rings (SSSR count). The van der Waals surface area contributed by atoms with Crippen LogP contribution in [0.25, 0.3) is 0 Å². The van der Waals surface area contributed by atoms with E-state index in [4.69, 9.17) is 11.6 Å². The van der Waals surface area contributed by atoms with E-state index in [9.17, 15) is 13.2 Å². The van der Waals surface area contributed by atoms with E-state index in [0.29, 0.717) is 4.47 Å². The third-order valence-electron chi connectivity index (χ3n) is 1.00. The van der Waals surface area contributed by atoms with Crippen LogP contribution in [0.4, 0.5) is 13.2 Å². The molecule has 0 nitrogen and oxygen atoms in total. The van der Waals surface area contributed by atoms with Crippen molar-refractivity contribution in [3.05, 3.63) is 27.7 Å². The second-order valence-electron chi connectivity index (χ2n) is 2.06. The molecular formula is C7H2BrClF3S. The summed E-state index contributed by atoms with van der Waals surface area (Å²) in [5, 5.41) is 0.248. The molecule has 71 valence electrons. The van der Waals surface area contributed by atoms with E-state index in [-0.39, 0.29) is 21.7 Å². The third-order valence-corrected chi connectivity index (χ3v) is 2.32. The SMILES string of the molecule is FC(F)(F)Sc1[c]c(Br)cc(Cl)c1. The molecule has 0 unspecified atom stereocenters. The minimum Gasteiger partial charge on any atom is -0.160 e. The monoisotopic (exact) mass is 289 g/mol. The summed E-state index contributed by atoms with van der Waals surface area (Å²) in [6, 6.07) is 5.17. The van der Waals surface area contributed by atoms with Gasteiger partial charge in [0.25, 0.3) is 0 Å². The molecule has 0 atom stereocenters. The average Bonchev–Trinajstić information content (AvgIpc) is 1.78. The van der Waals surface area contributed by atoms with Crippen LogP contribution in [0.5, 0.6) is 0 Å². The Morgan fingerprint density at radius 3 is 2.46 bits per heavy atom. The Morgan fingerprint density at radius 2 is 2.00 bits per heavy atom. The first-order chi connectivity index (χ1) is 5.87. The van der Waals surface area contributed by atoms with Gasteiger partial charge in [-0.05, 0) is 23.9 Å². The Morgan fingerprint density at radius 1 is 1.38 bits per heavy atom. The fraction of sp³-hybridized carbons (Fsp3) is 0.143. The van der Waals surface area contributed by atoms with Gasteiger partial charge in [-0.1, -0.05) is 27.5 Å². The Labute approximate surface area is 90.6 Å². The molecule has 0 N–H and O–H groups in total. The Balaban J connectivity index is 2.90. The van der Waals surface area contributed by atoms with Crippen LogP contribution in [0.2, 0.25) is 5.02 Å². The number of alkyl halides is 3. The lowest BCUT2D eigenvalue weighted by Gasteiger charge is -2.05. The fourth-order valence-electron chi connectivity index (χ4n) is 0.657. The second-order valence-corrected chi connectivity index (χ2v) is 4.46. The van der Waals surface area contributed by atoms with Crippen molar-refractivity contribution in [1.82, 2.24) is 0 Å². The van der Waals surface area contributed by atoms with E-state index in [0.717, 1.165) is 0 Å². The predicted molar refractivity (Wildman–Crippen MR) is 49.9 cm³/mol. The van der Waals surface area contributed by atoms with Crippen LogP contribution in [0.3, 0.4) is 0 Å². The summed E-state index contributed by atoms with van der Waals surface area (Å²) in [4.78, 5) is -0.0492. The predicted octanol–water partition coefficient (Wildman–Crippen LogP) is 4.51. The van der Waals surface area contributed by atoms with Crippen LogP contribution in [-0.2, 0) is 0 Å². The number of benzene rings is 1. The lowest BCUT2D eigenvalue weighted by Crippen LogP contribution is -1.98. The number of thioether (sulfide) groups is 1. The van der Waals surface area contributed by atoms with Gasteiger partial charge in [0.15, 0.2) is 0 Å². The maximum absolute atomic E-state index is 11.9. The minimum absolute atomic E-state index is 0.0492. The highest BCUT2D eigenvalue weighted by atomic mass is 79.9. The Hall–Kier alpha value is 0.130. The molecule has 0 aromatic heterocycles. The lowest BCUT2D eigenvalue weighted by molar-refractivity contribution is -0.0328. The van der Waals surface area contributed by atoms with E-state index in [1.165, 1.54) is 12.1 Å². The number of rotatable bonds is 1. The van der Waals surface area contributed by atoms with E-state index >= 15 is 0 Å². The zero-order chi connectivity index (χ0) is 10.1. The quantitative estimate of drug-likeness (QED) is 0.686. The van der Waals surface area contributed by atoms with E-state index in [1.807, 2.05) is 0 Å². The Kier molecular flexibility index (Phi) is 3.54. The molecule has 0 aliphatic rings. The molecule has 0 heterocycles. The molecule has 1 radical (unpaired) electrons. The normalized spacial score (nSPS) is 11.8. The highest BCUT2D eigenvalue weighted by Crippen LogP contribution is 2.38. The van der Waals surface area contributed by atoms with Crippen LogP contribution in [0, 0.1) is 6.07 Å². The molecule has 6 heteroatoms. The Bertz CT molecular complexity index is 293. The summed E-state index contributed by atoms with van der Waals surface area (Å²) in [6.45, 7) is 0. The van der Waals surface area contributed by atoms with Crippen molar-refractivity contribution in [1.29, 1.82) is 0 Å². The average molecular weight is 291 g/mol. The largest absolute Gasteiger partial charge is 0.446 e. The number of hydrogen-bond donors (Lipinski definition) is 0. The van der Waals surface area contributed by atoms with Crippen LogP contribution < -0.4 is 0 Å². The molecule has 0 fully saturated rings. The van der Waals surface area contributed by atoms with Crippen molar-refractivity contribution >= 4 is 39.3 Å². The summed E-state index contributed by atoms with van der Waals surface area (Å²) >= 11 is 8.31. The molecule has 0 amide bonds. The van der Waals surface area contributed by atoms with Gasteiger partial charge in [0.05, 0.1) is 0 Å². The van der Waals surface area contributed by atoms with Gasteiger partial charge < -0.3 is 0 Å².